The van der Waals surface area contributed by atoms with Gasteiger partial charge >= 0.3 is 0 Å². The van der Waals surface area contributed by atoms with Gasteiger partial charge in [0.05, 0.1) is 0 Å². The lowest BCUT2D eigenvalue weighted by molar-refractivity contribution is 0.633. The van der Waals surface area contributed by atoms with Gasteiger partial charge < -0.3 is 0 Å². The number of rotatable bonds is 0. The van der Waals surface area contributed by atoms with E-state index in [1.54, 1.807) is 0 Å². The quantitative estimate of drug-likeness (QED) is 0.577. The van der Waals surface area contributed by atoms with Crippen LogP contribution in [0.2, 0.25) is 0 Å². The number of fused-ring (bicyclic) bond motifs is 1. The fourth-order valence-electron chi connectivity index (χ4n) is 1.46. The topological polar surface area (TPSA) is 0 Å². The summed E-state index contributed by atoms with van der Waals surface area (Å²) in [5.41, 5.74) is 1.57. The van der Waals surface area contributed by atoms with E-state index in [2.05, 4.69) is 51.1 Å². The third-order valence-electron chi connectivity index (χ3n) is 2.27. The third-order valence-corrected chi connectivity index (χ3v) is 3.30. The summed E-state index contributed by atoms with van der Waals surface area (Å²) in [5, 5.41) is 0. The molecule has 68 valence electrons. The summed E-state index contributed by atoms with van der Waals surface area (Å²) in [7, 11) is 0. The average Bonchev–Trinajstić information content (AvgIpc) is 2.34. The van der Waals surface area contributed by atoms with Crippen molar-refractivity contribution >= 4 is 23.5 Å². The van der Waals surface area contributed by atoms with Gasteiger partial charge in [0.25, 0.3) is 0 Å². The average molecular weight is 190 g/mol. The highest BCUT2D eigenvalue weighted by atomic mass is 32.1. The van der Waals surface area contributed by atoms with Gasteiger partial charge in [-0.3, -0.25) is 0 Å². The lowest BCUT2D eigenvalue weighted by atomic mass is 9.93. The lowest BCUT2D eigenvalue weighted by Crippen LogP contribution is -2.00. The van der Waals surface area contributed by atoms with Gasteiger partial charge in [0.15, 0.2) is 0 Å². The summed E-state index contributed by atoms with van der Waals surface area (Å²) in [6.07, 6.45) is 9.01. The van der Waals surface area contributed by atoms with Crippen LogP contribution in [0.5, 0.6) is 0 Å². The molecule has 2 rings (SSSR count). The van der Waals surface area contributed by atoms with Crippen molar-refractivity contribution < 1.29 is 0 Å². The van der Waals surface area contributed by atoms with Crippen LogP contribution in [0.1, 0.15) is 29.2 Å². The van der Waals surface area contributed by atoms with E-state index in [1.165, 1.54) is 15.3 Å². The highest BCUT2D eigenvalue weighted by Crippen LogP contribution is 2.31. The van der Waals surface area contributed by atoms with Crippen LogP contribution < -0.4 is 0 Å². The van der Waals surface area contributed by atoms with E-state index in [-0.39, 0.29) is 5.41 Å². The first kappa shape index (κ1) is 8.76. The minimum Gasteiger partial charge on any atom is -0.141 e. The number of thiophene rings is 1. The summed E-state index contributed by atoms with van der Waals surface area (Å²) in [6.45, 7) is 6.61. The van der Waals surface area contributed by atoms with Crippen molar-refractivity contribution in [2.45, 2.75) is 20.8 Å². The first-order valence-electron chi connectivity index (χ1n) is 4.56. The molecule has 1 heteroatoms. The second-order valence-corrected chi connectivity index (χ2v) is 5.45. The summed E-state index contributed by atoms with van der Waals surface area (Å²) in [6, 6.07) is 2.25. The SMILES string of the molecule is Cc1cc2c(s1)C=CC(C)(C)C=C2. The Morgan fingerprint density at radius 2 is 1.85 bits per heavy atom. The van der Waals surface area contributed by atoms with Crippen molar-refractivity contribution in [1.82, 2.24) is 0 Å². The summed E-state index contributed by atoms with van der Waals surface area (Å²) in [4.78, 5) is 2.78. The molecule has 0 aliphatic heterocycles. The molecule has 0 amide bonds. The molecule has 0 atom stereocenters. The molecule has 0 nitrogen and oxygen atoms in total. The van der Waals surface area contributed by atoms with Gasteiger partial charge in [0.1, 0.15) is 0 Å². The Morgan fingerprint density at radius 1 is 1.15 bits per heavy atom. The van der Waals surface area contributed by atoms with Crippen molar-refractivity contribution in [2.75, 3.05) is 0 Å². The van der Waals surface area contributed by atoms with Gasteiger partial charge in [-0.05, 0) is 24.6 Å². The maximum atomic E-state index is 2.27. The first-order chi connectivity index (χ1) is 6.07. The van der Waals surface area contributed by atoms with Crippen LogP contribution in [0.3, 0.4) is 0 Å². The van der Waals surface area contributed by atoms with Gasteiger partial charge in [-0.2, -0.15) is 0 Å². The summed E-state index contributed by atoms with van der Waals surface area (Å²) >= 11 is 1.87. The van der Waals surface area contributed by atoms with E-state index in [0.717, 1.165) is 0 Å². The van der Waals surface area contributed by atoms with Crippen LogP contribution in [0, 0.1) is 12.3 Å². The van der Waals surface area contributed by atoms with Gasteiger partial charge in [0, 0.05) is 15.2 Å². The van der Waals surface area contributed by atoms with Crippen LogP contribution in [-0.2, 0) is 0 Å². The molecule has 0 bridgehead atoms. The van der Waals surface area contributed by atoms with Crippen molar-refractivity contribution in [3.63, 3.8) is 0 Å². The largest absolute Gasteiger partial charge is 0.141 e. The van der Waals surface area contributed by atoms with Crippen LogP contribution in [0.25, 0.3) is 12.2 Å². The normalized spacial score (nSPS) is 18.4. The Balaban J connectivity index is 2.50. The van der Waals surface area contributed by atoms with Crippen LogP contribution >= 0.6 is 11.3 Å². The van der Waals surface area contributed by atoms with Crippen molar-refractivity contribution in [2.24, 2.45) is 5.41 Å². The fourth-order valence-corrected chi connectivity index (χ4v) is 2.38. The van der Waals surface area contributed by atoms with E-state index in [1.807, 2.05) is 11.3 Å². The Morgan fingerprint density at radius 3 is 2.62 bits per heavy atom. The molecule has 0 fully saturated rings. The zero-order valence-corrected chi connectivity index (χ0v) is 9.11. The van der Waals surface area contributed by atoms with E-state index < -0.39 is 0 Å². The monoisotopic (exact) mass is 190 g/mol. The van der Waals surface area contributed by atoms with Gasteiger partial charge in [0.2, 0.25) is 0 Å². The molecule has 0 unspecified atom stereocenters. The molecule has 13 heavy (non-hydrogen) atoms. The highest BCUT2D eigenvalue weighted by Gasteiger charge is 2.13. The third kappa shape index (κ3) is 1.75. The molecule has 0 radical (unpaired) electrons. The predicted molar refractivity (Wildman–Crippen MR) is 60.9 cm³/mol. The maximum absolute atomic E-state index is 2.27. The molecule has 1 aromatic rings. The molecule has 1 heterocycles. The molecule has 0 spiro atoms. The summed E-state index contributed by atoms with van der Waals surface area (Å²) < 4.78 is 0. The van der Waals surface area contributed by atoms with Crippen molar-refractivity contribution in [1.29, 1.82) is 0 Å². The van der Waals surface area contributed by atoms with E-state index in [0.29, 0.717) is 0 Å². The zero-order chi connectivity index (χ0) is 9.47. The van der Waals surface area contributed by atoms with Crippen LogP contribution in [0.4, 0.5) is 0 Å². The van der Waals surface area contributed by atoms with E-state index >= 15 is 0 Å². The molecule has 0 saturated carbocycles. The van der Waals surface area contributed by atoms with E-state index in [9.17, 15) is 0 Å². The standard InChI is InChI=1S/C12H14S/c1-9-8-10-4-6-12(2,3)7-5-11(10)13-9/h4-8H,1-3H3. The second kappa shape index (κ2) is 2.85. The Bertz CT molecular complexity index is 344. The Kier molecular flexibility index (Phi) is 1.92. The molecule has 1 aromatic heterocycles. The van der Waals surface area contributed by atoms with E-state index in [4.69, 9.17) is 0 Å². The first-order valence-corrected chi connectivity index (χ1v) is 5.37. The number of hydrogen-bond donors (Lipinski definition) is 0. The highest BCUT2D eigenvalue weighted by molar-refractivity contribution is 7.13. The second-order valence-electron chi connectivity index (χ2n) is 4.16. The van der Waals surface area contributed by atoms with Gasteiger partial charge in [-0.15, -0.1) is 11.3 Å². The van der Waals surface area contributed by atoms with Gasteiger partial charge in [-0.25, -0.2) is 0 Å². The molecular weight excluding hydrogens is 176 g/mol. The Hall–Kier alpha value is -0.820. The summed E-state index contributed by atoms with van der Waals surface area (Å²) in [5.74, 6) is 0. The lowest BCUT2D eigenvalue weighted by Gasteiger charge is -2.12. The zero-order valence-electron chi connectivity index (χ0n) is 8.29. The molecule has 0 N–H and O–H groups in total. The minimum atomic E-state index is 0.201. The molecule has 0 aromatic carbocycles. The van der Waals surface area contributed by atoms with Crippen LogP contribution in [0.15, 0.2) is 18.2 Å². The van der Waals surface area contributed by atoms with Crippen molar-refractivity contribution in [3.8, 4) is 0 Å². The van der Waals surface area contributed by atoms with Gasteiger partial charge in [-0.1, -0.05) is 32.1 Å². The van der Waals surface area contributed by atoms with Crippen molar-refractivity contribution in [3.05, 3.63) is 33.5 Å². The molecule has 1 aliphatic carbocycles. The number of hydrogen-bond acceptors (Lipinski definition) is 1. The Labute approximate surface area is 83.6 Å². The maximum Gasteiger partial charge on any atom is 0.0342 e. The fraction of sp³-hybridized carbons (Fsp3) is 0.333. The minimum absolute atomic E-state index is 0.201. The number of aryl methyl sites for hydroxylation is 1. The molecular formula is C12H14S. The van der Waals surface area contributed by atoms with Crippen LogP contribution in [-0.4, -0.2) is 0 Å². The number of allylic oxidation sites excluding steroid dienone is 2. The molecule has 1 aliphatic rings. The molecule has 0 saturated heterocycles. The smallest absolute Gasteiger partial charge is 0.0342 e. The predicted octanol–water partition coefficient (Wildman–Crippen LogP) is 4.12.